The number of hydrazone groups is 1. The van der Waals surface area contributed by atoms with Gasteiger partial charge in [0.1, 0.15) is 10.3 Å². The van der Waals surface area contributed by atoms with Crippen molar-refractivity contribution in [2.75, 3.05) is 19.7 Å². The SMILES string of the molecule is C[C@@H](c1ccc2ncc(Br)n2c1)c1cnc2ccc(C3C=NN(CCO)C3)nn12. The Labute approximate surface area is 175 Å². The third kappa shape index (κ3) is 3.20. The molecule has 0 fully saturated rings. The number of aliphatic hydroxyl groups is 1. The molecule has 0 bridgehead atoms. The maximum atomic E-state index is 9.12. The van der Waals surface area contributed by atoms with E-state index < -0.39 is 0 Å². The summed E-state index contributed by atoms with van der Waals surface area (Å²) in [6.07, 6.45) is 7.69. The lowest BCUT2D eigenvalue weighted by Crippen LogP contribution is -2.21. The number of hydrogen-bond acceptors (Lipinski definition) is 6. The number of aliphatic hydroxyl groups excluding tert-OH is 1. The Hall–Kier alpha value is -2.78. The fourth-order valence-corrected chi connectivity index (χ4v) is 4.11. The van der Waals surface area contributed by atoms with Gasteiger partial charge in [0, 0.05) is 24.9 Å². The van der Waals surface area contributed by atoms with E-state index in [4.69, 9.17) is 10.2 Å². The van der Waals surface area contributed by atoms with Crippen LogP contribution in [0.1, 0.15) is 35.7 Å². The largest absolute Gasteiger partial charge is 0.394 e. The molecular weight excluding hydrogens is 434 g/mol. The van der Waals surface area contributed by atoms with Crippen LogP contribution in [0.25, 0.3) is 11.3 Å². The van der Waals surface area contributed by atoms with Crippen LogP contribution in [0.5, 0.6) is 0 Å². The minimum absolute atomic E-state index is 0.0943. The third-order valence-corrected chi connectivity index (χ3v) is 5.98. The monoisotopic (exact) mass is 453 g/mol. The molecule has 1 aliphatic heterocycles. The van der Waals surface area contributed by atoms with Crippen LogP contribution in [0.15, 0.2) is 52.6 Å². The van der Waals surface area contributed by atoms with Gasteiger partial charge in [-0.05, 0) is 39.7 Å². The lowest BCUT2D eigenvalue weighted by Gasteiger charge is -2.15. The summed E-state index contributed by atoms with van der Waals surface area (Å²) in [7, 11) is 0. The van der Waals surface area contributed by atoms with E-state index in [2.05, 4.69) is 50.2 Å². The zero-order valence-corrected chi connectivity index (χ0v) is 17.4. The molecule has 0 saturated carbocycles. The first kappa shape index (κ1) is 18.3. The molecule has 0 aliphatic carbocycles. The number of halogens is 1. The molecule has 8 nitrogen and oxygen atoms in total. The standard InChI is InChI=1S/C20H20BrN7O/c1-13(14-2-4-19-23-10-18(21)27(19)12-14)17-9-22-20-5-3-16(25-28(17)20)15-8-24-26(11-15)6-7-29/h2-5,8-10,12-13,15,29H,6-7,11H2,1H3/t13-,15?/m0/s1. The van der Waals surface area contributed by atoms with Gasteiger partial charge in [-0.1, -0.05) is 13.0 Å². The van der Waals surface area contributed by atoms with Crippen LogP contribution < -0.4 is 0 Å². The Morgan fingerprint density at radius 3 is 2.86 bits per heavy atom. The van der Waals surface area contributed by atoms with Gasteiger partial charge >= 0.3 is 0 Å². The van der Waals surface area contributed by atoms with Crippen molar-refractivity contribution < 1.29 is 5.11 Å². The number of nitrogens with zero attached hydrogens (tertiary/aromatic N) is 7. The van der Waals surface area contributed by atoms with Crippen LogP contribution in [0.4, 0.5) is 0 Å². The van der Waals surface area contributed by atoms with E-state index in [0.717, 1.165) is 39.4 Å². The highest BCUT2D eigenvalue weighted by molar-refractivity contribution is 9.10. The maximum Gasteiger partial charge on any atom is 0.153 e. The molecule has 5 heterocycles. The number of aromatic nitrogens is 5. The quantitative estimate of drug-likeness (QED) is 0.502. The molecule has 1 unspecified atom stereocenters. The van der Waals surface area contributed by atoms with E-state index in [1.54, 1.807) is 6.20 Å². The van der Waals surface area contributed by atoms with Crippen LogP contribution >= 0.6 is 15.9 Å². The average molecular weight is 454 g/mol. The van der Waals surface area contributed by atoms with Crippen molar-refractivity contribution in [2.45, 2.75) is 18.8 Å². The van der Waals surface area contributed by atoms with Crippen molar-refractivity contribution in [2.24, 2.45) is 5.10 Å². The Kier molecular flexibility index (Phi) is 4.56. The molecule has 29 heavy (non-hydrogen) atoms. The van der Waals surface area contributed by atoms with Crippen LogP contribution in [-0.4, -0.2) is 60.0 Å². The summed E-state index contributed by atoms with van der Waals surface area (Å²) in [5, 5.41) is 20.2. The van der Waals surface area contributed by atoms with Crippen LogP contribution in [0.2, 0.25) is 0 Å². The summed E-state index contributed by atoms with van der Waals surface area (Å²) < 4.78 is 4.88. The third-order valence-electron chi connectivity index (χ3n) is 5.39. The predicted molar refractivity (Wildman–Crippen MR) is 113 cm³/mol. The van der Waals surface area contributed by atoms with Crippen molar-refractivity contribution >= 4 is 33.4 Å². The van der Waals surface area contributed by atoms with Crippen LogP contribution in [0, 0.1) is 0 Å². The average Bonchev–Trinajstić information content (AvgIpc) is 3.46. The topological polar surface area (TPSA) is 83.3 Å². The fourth-order valence-electron chi connectivity index (χ4n) is 3.72. The maximum absolute atomic E-state index is 9.12. The normalized spacial score (nSPS) is 17.6. The van der Waals surface area contributed by atoms with E-state index >= 15 is 0 Å². The van der Waals surface area contributed by atoms with Crippen LogP contribution in [-0.2, 0) is 0 Å². The highest BCUT2D eigenvalue weighted by atomic mass is 79.9. The minimum Gasteiger partial charge on any atom is -0.394 e. The number of fused-ring (bicyclic) bond motifs is 2. The van der Waals surface area contributed by atoms with Crippen LogP contribution in [0.3, 0.4) is 0 Å². The number of β-amino-alcohol motifs (C(OH)–C–C–N with tert-alkyl or cyclic N) is 1. The molecule has 0 radical (unpaired) electrons. The molecule has 2 atom stereocenters. The Balaban J connectivity index is 1.49. The first-order chi connectivity index (χ1) is 14.1. The number of imidazole rings is 2. The zero-order valence-electron chi connectivity index (χ0n) is 15.9. The van der Waals surface area contributed by atoms with Crippen molar-refractivity contribution in [3.63, 3.8) is 0 Å². The molecule has 4 aromatic heterocycles. The van der Waals surface area contributed by atoms with Gasteiger partial charge in [-0.3, -0.25) is 9.41 Å². The first-order valence-electron chi connectivity index (χ1n) is 9.51. The Morgan fingerprint density at radius 1 is 1.17 bits per heavy atom. The zero-order chi connectivity index (χ0) is 20.0. The van der Waals surface area contributed by atoms with Gasteiger partial charge in [-0.15, -0.1) is 0 Å². The first-order valence-corrected chi connectivity index (χ1v) is 10.3. The summed E-state index contributed by atoms with van der Waals surface area (Å²) in [5.41, 5.74) is 4.85. The van der Waals surface area contributed by atoms with Gasteiger partial charge in [-0.25, -0.2) is 14.5 Å². The lowest BCUT2D eigenvalue weighted by atomic mass is 10.0. The van der Waals surface area contributed by atoms with Gasteiger partial charge in [0.15, 0.2) is 5.65 Å². The van der Waals surface area contributed by atoms with E-state index in [1.807, 2.05) is 44.5 Å². The van der Waals surface area contributed by atoms with Gasteiger partial charge in [0.05, 0.1) is 42.9 Å². The number of pyridine rings is 1. The molecule has 9 heteroatoms. The second-order valence-corrected chi connectivity index (χ2v) is 8.02. The smallest absolute Gasteiger partial charge is 0.153 e. The summed E-state index contributed by atoms with van der Waals surface area (Å²) in [6, 6.07) is 8.11. The molecule has 148 valence electrons. The Morgan fingerprint density at radius 2 is 2.00 bits per heavy atom. The molecular formula is C20H20BrN7O. The summed E-state index contributed by atoms with van der Waals surface area (Å²) in [6.45, 7) is 3.51. The number of rotatable bonds is 5. The van der Waals surface area contributed by atoms with Crippen molar-refractivity contribution in [1.82, 2.24) is 29.0 Å². The second kappa shape index (κ2) is 7.23. The fraction of sp³-hybridized carbons (Fsp3) is 0.300. The van der Waals surface area contributed by atoms with Crippen molar-refractivity contribution in [1.29, 1.82) is 0 Å². The lowest BCUT2D eigenvalue weighted by molar-refractivity contribution is 0.210. The molecule has 0 saturated heterocycles. The molecule has 0 aromatic carbocycles. The predicted octanol–water partition coefficient (Wildman–Crippen LogP) is 2.67. The van der Waals surface area contributed by atoms with E-state index in [-0.39, 0.29) is 18.4 Å². The molecule has 0 spiro atoms. The highest BCUT2D eigenvalue weighted by Gasteiger charge is 2.22. The van der Waals surface area contributed by atoms with Crippen molar-refractivity contribution in [3.8, 4) is 0 Å². The summed E-state index contributed by atoms with van der Waals surface area (Å²) in [5.74, 6) is 0.212. The van der Waals surface area contributed by atoms with Gasteiger partial charge in [0.25, 0.3) is 0 Å². The number of hydrogen-bond donors (Lipinski definition) is 1. The molecule has 4 aromatic rings. The van der Waals surface area contributed by atoms with Gasteiger partial charge in [-0.2, -0.15) is 10.2 Å². The van der Waals surface area contributed by atoms with E-state index in [9.17, 15) is 0 Å². The molecule has 0 amide bonds. The van der Waals surface area contributed by atoms with E-state index in [1.165, 1.54) is 0 Å². The van der Waals surface area contributed by atoms with Crippen molar-refractivity contribution in [3.05, 3.63) is 64.4 Å². The van der Waals surface area contributed by atoms with Gasteiger partial charge < -0.3 is 5.11 Å². The van der Waals surface area contributed by atoms with E-state index in [0.29, 0.717) is 6.54 Å². The summed E-state index contributed by atoms with van der Waals surface area (Å²) >= 11 is 3.54. The van der Waals surface area contributed by atoms with Gasteiger partial charge in [0.2, 0.25) is 0 Å². The molecule has 1 aliphatic rings. The summed E-state index contributed by atoms with van der Waals surface area (Å²) in [4.78, 5) is 8.90. The highest BCUT2D eigenvalue weighted by Crippen LogP contribution is 2.27. The molecule has 1 N–H and O–H groups in total. The Bertz CT molecular complexity index is 1210. The second-order valence-electron chi connectivity index (χ2n) is 7.21. The minimum atomic E-state index is 0.0943. The molecule has 5 rings (SSSR count).